The van der Waals surface area contributed by atoms with E-state index in [-0.39, 0.29) is 11.9 Å². The van der Waals surface area contributed by atoms with Gasteiger partial charge in [-0.1, -0.05) is 22.0 Å². The van der Waals surface area contributed by atoms with Crippen molar-refractivity contribution in [3.05, 3.63) is 28.2 Å². The molecule has 1 aliphatic heterocycles. The van der Waals surface area contributed by atoms with Crippen LogP contribution in [0.3, 0.4) is 0 Å². The molecule has 1 N–H and O–H groups in total. The first-order valence-electron chi connectivity index (χ1n) is 6.47. The van der Waals surface area contributed by atoms with Gasteiger partial charge >= 0.3 is 0 Å². The van der Waals surface area contributed by atoms with Crippen LogP contribution in [0.4, 0.5) is 5.69 Å². The zero-order valence-electron chi connectivity index (χ0n) is 11.3. The lowest BCUT2D eigenvalue weighted by Crippen LogP contribution is -2.47. The standard InChI is InChI=1S/C14H19BrN2O2/c1-10-3-4-12(15)9-13(10)16-11(2)14(18)17-5-7-19-8-6-17/h3-4,9,11,16H,5-8H2,1-2H3. The molecule has 1 saturated heterocycles. The monoisotopic (exact) mass is 326 g/mol. The number of nitrogens with zero attached hydrogens (tertiary/aromatic N) is 1. The molecule has 0 aromatic heterocycles. The molecule has 1 aromatic rings. The largest absolute Gasteiger partial charge is 0.378 e. The highest BCUT2D eigenvalue weighted by Crippen LogP contribution is 2.21. The molecule has 2 rings (SSSR count). The number of halogens is 1. The molecule has 0 spiro atoms. The first-order chi connectivity index (χ1) is 9.08. The van der Waals surface area contributed by atoms with Gasteiger partial charge in [0.05, 0.1) is 13.2 Å². The third-order valence-electron chi connectivity index (χ3n) is 3.26. The Hall–Kier alpha value is -1.07. The van der Waals surface area contributed by atoms with Crippen molar-refractivity contribution in [3.63, 3.8) is 0 Å². The number of hydrogen-bond donors (Lipinski definition) is 1. The lowest BCUT2D eigenvalue weighted by atomic mass is 10.1. The third-order valence-corrected chi connectivity index (χ3v) is 3.76. The summed E-state index contributed by atoms with van der Waals surface area (Å²) in [6, 6.07) is 5.79. The number of benzene rings is 1. The van der Waals surface area contributed by atoms with E-state index in [9.17, 15) is 4.79 Å². The maximum Gasteiger partial charge on any atom is 0.244 e. The van der Waals surface area contributed by atoms with Crippen LogP contribution >= 0.6 is 15.9 Å². The van der Waals surface area contributed by atoms with E-state index in [2.05, 4.69) is 21.2 Å². The smallest absolute Gasteiger partial charge is 0.244 e. The van der Waals surface area contributed by atoms with Gasteiger partial charge in [-0.25, -0.2) is 0 Å². The summed E-state index contributed by atoms with van der Waals surface area (Å²) in [5.41, 5.74) is 2.12. The molecule has 4 nitrogen and oxygen atoms in total. The number of hydrogen-bond acceptors (Lipinski definition) is 3. The van der Waals surface area contributed by atoms with Crippen LogP contribution in [0, 0.1) is 6.92 Å². The maximum atomic E-state index is 12.3. The summed E-state index contributed by atoms with van der Waals surface area (Å²) >= 11 is 3.45. The Kier molecular flexibility index (Phi) is 4.82. The summed E-state index contributed by atoms with van der Waals surface area (Å²) in [5, 5.41) is 3.29. The maximum absolute atomic E-state index is 12.3. The highest BCUT2D eigenvalue weighted by molar-refractivity contribution is 9.10. The fourth-order valence-corrected chi connectivity index (χ4v) is 2.46. The van der Waals surface area contributed by atoms with Crippen LogP contribution in [0.2, 0.25) is 0 Å². The second-order valence-corrected chi connectivity index (χ2v) is 5.68. The highest BCUT2D eigenvalue weighted by Gasteiger charge is 2.22. The van der Waals surface area contributed by atoms with Crippen LogP contribution in [0.15, 0.2) is 22.7 Å². The second-order valence-electron chi connectivity index (χ2n) is 4.76. The number of morpholine rings is 1. The van der Waals surface area contributed by atoms with Gasteiger partial charge in [-0.15, -0.1) is 0 Å². The van der Waals surface area contributed by atoms with Gasteiger partial charge in [-0.05, 0) is 31.5 Å². The molecular formula is C14H19BrN2O2. The topological polar surface area (TPSA) is 41.6 Å². The number of ether oxygens (including phenoxy) is 1. The van der Waals surface area contributed by atoms with Crippen molar-refractivity contribution in [1.29, 1.82) is 0 Å². The van der Waals surface area contributed by atoms with Gasteiger partial charge in [0.2, 0.25) is 5.91 Å². The molecule has 19 heavy (non-hydrogen) atoms. The van der Waals surface area contributed by atoms with E-state index in [1.165, 1.54) is 0 Å². The molecule has 104 valence electrons. The van der Waals surface area contributed by atoms with Gasteiger partial charge in [-0.3, -0.25) is 4.79 Å². The molecular weight excluding hydrogens is 308 g/mol. The SMILES string of the molecule is Cc1ccc(Br)cc1NC(C)C(=O)N1CCOCC1. The number of nitrogens with one attached hydrogen (secondary N) is 1. The average Bonchev–Trinajstić information content (AvgIpc) is 2.43. The van der Waals surface area contributed by atoms with Crippen molar-refractivity contribution in [1.82, 2.24) is 4.90 Å². The van der Waals surface area contributed by atoms with E-state index in [1.807, 2.05) is 36.9 Å². The van der Waals surface area contributed by atoms with Crippen LogP contribution in [0.5, 0.6) is 0 Å². The molecule has 1 aliphatic rings. The van der Waals surface area contributed by atoms with Crippen molar-refractivity contribution >= 4 is 27.5 Å². The van der Waals surface area contributed by atoms with Gasteiger partial charge < -0.3 is 15.0 Å². The van der Waals surface area contributed by atoms with E-state index >= 15 is 0 Å². The summed E-state index contributed by atoms with van der Waals surface area (Å²) in [5.74, 6) is 0.127. The Balaban J connectivity index is 2.01. The number of rotatable bonds is 3. The zero-order valence-corrected chi connectivity index (χ0v) is 12.9. The number of carbonyl (C=O) groups is 1. The molecule has 1 aromatic carbocycles. The normalized spacial score (nSPS) is 17.1. The number of carbonyl (C=O) groups excluding carboxylic acids is 1. The molecule has 1 amide bonds. The van der Waals surface area contributed by atoms with E-state index in [0.717, 1.165) is 15.7 Å². The lowest BCUT2D eigenvalue weighted by Gasteiger charge is -2.30. The van der Waals surface area contributed by atoms with Crippen LogP contribution in [-0.4, -0.2) is 43.2 Å². The highest BCUT2D eigenvalue weighted by atomic mass is 79.9. The molecule has 1 heterocycles. The first-order valence-corrected chi connectivity index (χ1v) is 7.26. The third kappa shape index (κ3) is 3.70. The Morgan fingerprint density at radius 2 is 2.11 bits per heavy atom. The first kappa shape index (κ1) is 14.3. The molecule has 1 atom stereocenters. The van der Waals surface area contributed by atoms with E-state index in [1.54, 1.807) is 0 Å². The van der Waals surface area contributed by atoms with Crippen molar-refractivity contribution in [2.75, 3.05) is 31.6 Å². The summed E-state index contributed by atoms with van der Waals surface area (Å²) in [7, 11) is 0. The molecule has 0 bridgehead atoms. The van der Waals surface area contributed by atoms with Gasteiger partial charge in [-0.2, -0.15) is 0 Å². The van der Waals surface area contributed by atoms with Crippen molar-refractivity contribution in [2.24, 2.45) is 0 Å². The Labute approximate surface area is 122 Å². The number of anilines is 1. The number of amides is 1. The molecule has 5 heteroatoms. The molecule has 0 saturated carbocycles. The van der Waals surface area contributed by atoms with E-state index < -0.39 is 0 Å². The van der Waals surface area contributed by atoms with E-state index in [0.29, 0.717) is 26.3 Å². The van der Waals surface area contributed by atoms with Gasteiger partial charge in [0.15, 0.2) is 0 Å². The summed E-state index contributed by atoms with van der Waals surface area (Å²) in [6.45, 7) is 6.56. The minimum Gasteiger partial charge on any atom is -0.378 e. The molecule has 0 radical (unpaired) electrons. The predicted octanol–water partition coefficient (Wildman–Crippen LogP) is 2.42. The lowest BCUT2D eigenvalue weighted by molar-refractivity contribution is -0.135. The number of aryl methyl sites for hydroxylation is 1. The Bertz CT molecular complexity index is 459. The summed E-state index contributed by atoms with van der Waals surface area (Å²) in [4.78, 5) is 14.2. The van der Waals surface area contributed by atoms with Crippen molar-refractivity contribution in [3.8, 4) is 0 Å². The summed E-state index contributed by atoms with van der Waals surface area (Å²) < 4.78 is 6.27. The summed E-state index contributed by atoms with van der Waals surface area (Å²) in [6.07, 6.45) is 0. The van der Waals surface area contributed by atoms with E-state index in [4.69, 9.17) is 4.74 Å². The molecule has 0 aliphatic carbocycles. The van der Waals surface area contributed by atoms with Gasteiger partial charge in [0.25, 0.3) is 0 Å². The average molecular weight is 327 g/mol. The van der Waals surface area contributed by atoms with Crippen molar-refractivity contribution in [2.45, 2.75) is 19.9 Å². The van der Waals surface area contributed by atoms with Crippen LogP contribution < -0.4 is 5.32 Å². The molecule has 1 fully saturated rings. The van der Waals surface area contributed by atoms with Gasteiger partial charge in [0, 0.05) is 23.2 Å². The van der Waals surface area contributed by atoms with Crippen LogP contribution in [0.25, 0.3) is 0 Å². The van der Waals surface area contributed by atoms with Crippen molar-refractivity contribution < 1.29 is 9.53 Å². The van der Waals surface area contributed by atoms with Gasteiger partial charge in [0.1, 0.15) is 6.04 Å². The fraction of sp³-hybridized carbons (Fsp3) is 0.500. The minimum atomic E-state index is -0.230. The zero-order chi connectivity index (χ0) is 13.8. The Morgan fingerprint density at radius 3 is 2.79 bits per heavy atom. The van der Waals surface area contributed by atoms with Crippen LogP contribution in [0.1, 0.15) is 12.5 Å². The predicted molar refractivity (Wildman–Crippen MR) is 79.4 cm³/mol. The molecule has 1 unspecified atom stereocenters. The Morgan fingerprint density at radius 1 is 1.42 bits per heavy atom. The second kappa shape index (κ2) is 6.39. The quantitative estimate of drug-likeness (QED) is 0.927. The fourth-order valence-electron chi connectivity index (χ4n) is 2.10. The van der Waals surface area contributed by atoms with Crippen LogP contribution in [-0.2, 0) is 9.53 Å². The minimum absolute atomic E-state index is 0.127.